The Balaban J connectivity index is 2.43. The van der Waals surface area contributed by atoms with Gasteiger partial charge in [0.05, 0.1) is 12.5 Å². The summed E-state index contributed by atoms with van der Waals surface area (Å²) in [6, 6.07) is 16.8. The summed E-state index contributed by atoms with van der Waals surface area (Å²) >= 11 is 0. The topological polar surface area (TPSA) is 55.7 Å². The molecule has 0 heterocycles. The third-order valence-corrected chi connectivity index (χ3v) is 4.03. The molecule has 136 valence electrons. The van der Waals surface area contributed by atoms with Crippen LogP contribution in [0.3, 0.4) is 0 Å². The number of ether oxygens (including phenoxy) is 1. The van der Waals surface area contributed by atoms with Crippen LogP contribution in [-0.2, 0) is 11.3 Å². The van der Waals surface area contributed by atoms with Crippen molar-refractivity contribution in [1.29, 1.82) is 0 Å². The number of nitrogens with zero attached hydrogens (tertiary/aromatic N) is 2. The number of hydrogen-bond donors (Lipinski definition) is 0. The van der Waals surface area contributed by atoms with Crippen molar-refractivity contribution in [3.8, 4) is 5.75 Å². The van der Waals surface area contributed by atoms with E-state index >= 15 is 0 Å². The minimum Gasteiger partial charge on any atom is -0.497 e. The lowest BCUT2D eigenvalue weighted by molar-refractivity contribution is -0.828. The Kier molecular flexibility index (Phi) is 6.05. The van der Waals surface area contributed by atoms with Crippen LogP contribution in [-0.4, -0.2) is 17.6 Å². The van der Waals surface area contributed by atoms with Crippen LogP contribution in [0.2, 0.25) is 0 Å². The molecule has 5 heteroatoms. The summed E-state index contributed by atoms with van der Waals surface area (Å²) in [5.74, 6) is 0.448. The van der Waals surface area contributed by atoms with Gasteiger partial charge in [-0.2, -0.15) is 0 Å². The molecule has 1 unspecified atom stereocenters. The van der Waals surface area contributed by atoms with E-state index in [1.165, 1.54) is 0 Å². The molecule has 0 radical (unpaired) electrons. The predicted octanol–water partition coefficient (Wildman–Crippen LogP) is 4.94. The molecule has 2 rings (SSSR count). The van der Waals surface area contributed by atoms with E-state index in [9.17, 15) is 9.70 Å². The Morgan fingerprint density at radius 3 is 2.19 bits per heavy atom. The predicted molar refractivity (Wildman–Crippen MR) is 103 cm³/mol. The van der Waals surface area contributed by atoms with Crippen LogP contribution in [0.15, 0.2) is 66.1 Å². The molecule has 0 aliphatic carbocycles. The van der Waals surface area contributed by atoms with Crippen molar-refractivity contribution < 1.29 is 14.1 Å². The molecule has 5 nitrogen and oxygen atoms in total. The molecule has 0 aliphatic heterocycles. The molecular weight excluding hydrogens is 328 g/mol. The molecule has 2 aromatic carbocycles. The van der Waals surface area contributed by atoms with Crippen LogP contribution in [0.4, 0.5) is 0 Å². The number of carbonyl (C=O) groups is 1. The number of benzene rings is 2. The molecule has 26 heavy (non-hydrogen) atoms. The molecule has 0 aromatic heterocycles. The fraction of sp³-hybridized carbons (Fsp3) is 0.286. The van der Waals surface area contributed by atoms with E-state index < -0.39 is 10.0 Å². The summed E-state index contributed by atoms with van der Waals surface area (Å²) in [6.07, 6.45) is 3.33. The maximum absolute atomic E-state index is 13.1. The van der Waals surface area contributed by atoms with Gasteiger partial charge in [0.1, 0.15) is 18.5 Å². The summed E-state index contributed by atoms with van der Waals surface area (Å²) in [6.45, 7) is 5.51. The van der Waals surface area contributed by atoms with E-state index in [-0.39, 0.29) is 12.5 Å². The highest BCUT2D eigenvalue weighted by molar-refractivity contribution is 5.76. The van der Waals surface area contributed by atoms with Gasteiger partial charge in [-0.1, -0.05) is 39.8 Å². The van der Waals surface area contributed by atoms with Crippen LogP contribution in [0.1, 0.15) is 31.9 Å². The van der Waals surface area contributed by atoms with E-state index in [1.807, 2.05) is 42.5 Å². The number of methoxy groups -OCH3 is 1. The highest BCUT2D eigenvalue weighted by atomic mass is 16.5. The summed E-state index contributed by atoms with van der Waals surface area (Å²) in [5, 5.41) is 3.26. The van der Waals surface area contributed by atoms with E-state index in [0.29, 0.717) is 5.75 Å². The van der Waals surface area contributed by atoms with E-state index in [0.717, 1.165) is 11.1 Å². The van der Waals surface area contributed by atoms with Gasteiger partial charge in [0.15, 0.2) is 5.29 Å². The molecule has 0 spiro atoms. The SMILES string of the molecule is COc1ccc(C[N+](C=Cc2ccccc2)(N=O)C(=O)C(C)(C)C)cc1. The smallest absolute Gasteiger partial charge is 0.352 e. The maximum atomic E-state index is 13.1. The van der Waals surface area contributed by atoms with Crippen LogP contribution in [0, 0.1) is 10.3 Å². The van der Waals surface area contributed by atoms with Crippen molar-refractivity contribution in [2.75, 3.05) is 7.11 Å². The van der Waals surface area contributed by atoms with Crippen molar-refractivity contribution in [2.24, 2.45) is 10.7 Å². The standard InChI is InChI=1S/C21H25N2O3/c1-21(2,3)20(24)23(22-25,15-14-17-8-6-5-7-9-17)16-18-10-12-19(26-4)13-11-18/h5-15H,16H2,1-4H3/q+1. The zero-order chi connectivity index (χ0) is 19.2. The Bertz CT molecular complexity index is 777. The first-order valence-corrected chi connectivity index (χ1v) is 8.45. The second-order valence-corrected chi connectivity index (χ2v) is 7.20. The number of rotatable bonds is 6. The second kappa shape index (κ2) is 8.06. The molecule has 0 saturated heterocycles. The molecule has 0 aliphatic rings. The minimum atomic E-state index is -0.721. The van der Waals surface area contributed by atoms with Gasteiger partial charge in [-0.3, -0.25) is 0 Å². The first kappa shape index (κ1) is 19.5. The third-order valence-electron chi connectivity index (χ3n) is 4.03. The van der Waals surface area contributed by atoms with E-state index in [4.69, 9.17) is 4.74 Å². The summed E-state index contributed by atoms with van der Waals surface area (Å²) < 4.78 is 4.51. The molecule has 1 atom stereocenters. The van der Waals surface area contributed by atoms with Crippen molar-refractivity contribution in [2.45, 2.75) is 27.3 Å². The molecule has 0 bridgehead atoms. The van der Waals surface area contributed by atoms with Crippen LogP contribution >= 0.6 is 0 Å². The summed E-state index contributed by atoms with van der Waals surface area (Å²) in [5.41, 5.74) is 0.998. The lowest BCUT2D eigenvalue weighted by atomic mass is 9.94. The number of carbonyl (C=O) groups excluding carboxylic acids is 1. The fourth-order valence-corrected chi connectivity index (χ4v) is 2.65. The lowest BCUT2D eigenvalue weighted by Gasteiger charge is -2.28. The average molecular weight is 353 g/mol. The molecule has 0 fully saturated rings. The number of hydrogen-bond acceptors (Lipinski definition) is 4. The van der Waals surface area contributed by atoms with Crippen molar-refractivity contribution in [3.63, 3.8) is 0 Å². The van der Waals surface area contributed by atoms with Gasteiger partial charge >= 0.3 is 5.91 Å². The highest BCUT2D eigenvalue weighted by Crippen LogP contribution is 2.29. The van der Waals surface area contributed by atoms with Crippen LogP contribution < -0.4 is 4.74 Å². The van der Waals surface area contributed by atoms with Gasteiger partial charge in [-0.25, -0.2) is 4.79 Å². The third kappa shape index (κ3) is 4.64. The average Bonchev–Trinajstić information content (AvgIpc) is 2.65. The number of nitroso groups, excluding NO2 is 1. The molecule has 2 aromatic rings. The monoisotopic (exact) mass is 353 g/mol. The molecule has 0 N–H and O–H groups in total. The Hall–Kier alpha value is -2.79. The summed E-state index contributed by atoms with van der Waals surface area (Å²) in [7, 11) is 1.59. The molecule has 0 saturated carbocycles. The van der Waals surface area contributed by atoms with E-state index in [1.54, 1.807) is 52.3 Å². The minimum absolute atomic E-state index is 0.146. The van der Waals surface area contributed by atoms with Crippen molar-refractivity contribution in [1.82, 2.24) is 0 Å². The number of quaternary nitrogens is 1. The van der Waals surface area contributed by atoms with Crippen molar-refractivity contribution in [3.05, 3.63) is 76.8 Å². The maximum Gasteiger partial charge on any atom is 0.352 e. The Labute approximate surface area is 154 Å². The van der Waals surface area contributed by atoms with Gasteiger partial charge < -0.3 is 4.74 Å². The molecule has 1 amide bonds. The highest BCUT2D eigenvalue weighted by Gasteiger charge is 2.45. The van der Waals surface area contributed by atoms with Crippen molar-refractivity contribution >= 4 is 12.0 Å². The first-order chi connectivity index (χ1) is 12.3. The first-order valence-electron chi connectivity index (χ1n) is 8.45. The fourth-order valence-electron chi connectivity index (χ4n) is 2.65. The van der Waals surface area contributed by atoms with Crippen LogP contribution in [0.5, 0.6) is 5.75 Å². The largest absolute Gasteiger partial charge is 0.497 e. The quantitative estimate of drug-likeness (QED) is 0.420. The number of amides is 1. The van der Waals surface area contributed by atoms with E-state index in [2.05, 4.69) is 5.29 Å². The van der Waals surface area contributed by atoms with Gasteiger partial charge in [-0.15, -0.1) is 0 Å². The molecular formula is C21H25N2O3+. The zero-order valence-electron chi connectivity index (χ0n) is 15.7. The second-order valence-electron chi connectivity index (χ2n) is 7.20. The zero-order valence-corrected chi connectivity index (χ0v) is 15.7. The van der Waals surface area contributed by atoms with Gasteiger partial charge in [0, 0.05) is 11.6 Å². The van der Waals surface area contributed by atoms with Gasteiger partial charge in [-0.05, 0) is 50.6 Å². The lowest BCUT2D eigenvalue weighted by Crippen LogP contribution is -2.48. The van der Waals surface area contributed by atoms with Gasteiger partial charge in [0.25, 0.3) is 0 Å². The summed E-state index contributed by atoms with van der Waals surface area (Å²) in [4.78, 5) is 25.0. The Morgan fingerprint density at radius 1 is 1.08 bits per heavy atom. The van der Waals surface area contributed by atoms with Gasteiger partial charge in [0.2, 0.25) is 0 Å². The van der Waals surface area contributed by atoms with Crippen LogP contribution in [0.25, 0.3) is 6.08 Å². The Morgan fingerprint density at radius 2 is 1.69 bits per heavy atom. The normalized spacial score (nSPS) is 14.0.